The van der Waals surface area contributed by atoms with Gasteiger partial charge in [-0.1, -0.05) is 66.7 Å². The second-order valence-corrected chi connectivity index (χ2v) is 12.2. The normalized spacial score (nSPS) is 13.0. The molecule has 234 valence electrons. The average Bonchev–Trinajstić information content (AvgIpc) is 3.54. The zero-order chi connectivity index (χ0) is 32.4. The molecule has 2 N–H and O–H groups in total. The SMILES string of the molecule is CC(C)(C)OC(=O)n1cc(CC(NC(=O)OCC2c3ccccc3-c3ccccc32)C(=O)O)c2cc(Oc3ccccc3)ccc21. The van der Waals surface area contributed by atoms with Gasteiger partial charge in [0.2, 0.25) is 0 Å². The molecule has 1 aliphatic rings. The molecule has 0 spiro atoms. The lowest BCUT2D eigenvalue weighted by atomic mass is 9.98. The Balaban J connectivity index is 1.23. The number of carbonyl (C=O) groups is 3. The van der Waals surface area contributed by atoms with Crippen molar-refractivity contribution in [2.24, 2.45) is 0 Å². The first-order valence-electron chi connectivity index (χ1n) is 15.0. The van der Waals surface area contributed by atoms with E-state index in [0.29, 0.717) is 28.0 Å². The van der Waals surface area contributed by atoms with Crippen LogP contribution in [-0.2, 0) is 20.7 Å². The molecule has 0 saturated heterocycles. The second-order valence-electron chi connectivity index (χ2n) is 12.2. The summed E-state index contributed by atoms with van der Waals surface area (Å²) in [7, 11) is 0. The third-order valence-corrected chi connectivity index (χ3v) is 7.79. The summed E-state index contributed by atoms with van der Waals surface area (Å²) >= 11 is 0. The maximum Gasteiger partial charge on any atom is 0.419 e. The van der Waals surface area contributed by atoms with Crippen LogP contribution in [0.25, 0.3) is 22.0 Å². The van der Waals surface area contributed by atoms with Crippen molar-refractivity contribution in [1.29, 1.82) is 0 Å². The van der Waals surface area contributed by atoms with Crippen LogP contribution in [0.1, 0.15) is 43.4 Å². The van der Waals surface area contributed by atoms with Gasteiger partial charge in [0, 0.05) is 23.9 Å². The molecule has 1 unspecified atom stereocenters. The fourth-order valence-corrected chi connectivity index (χ4v) is 5.79. The van der Waals surface area contributed by atoms with Gasteiger partial charge in [0.05, 0.1) is 5.52 Å². The van der Waals surface area contributed by atoms with Gasteiger partial charge in [-0.3, -0.25) is 4.57 Å². The maximum absolute atomic E-state index is 13.2. The fourth-order valence-electron chi connectivity index (χ4n) is 5.79. The Hall–Kier alpha value is -5.57. The van der Waals surface area contributed by atoms with Crippen LogP contribution >= 0.6 is 0 Å². The van der Waals surface area contributed by atoms with Gasteiger partial charge in [-0.2, -0.15) is 0 Å². The molecule has 0 saturated carbocycles. The van der Waals surface area contributed by atoms with E-state index in [9.17, 15) is 19.5 Å². The van der Waals surface area contributed by atoms with E-state index in [2.05, 4.69) is 5.32 Å². The van der Waals surface area contributed by atoms with Gasteiger partial charge in [-0.15, -0.1) is 0 Å². The van der Waals surface area contributed by atoms with Gasteiger partial charge in [0.1, 0.15) is 29.7 Å². The number of carboxylic acid groups (broad SMARTS) is 1. The monoisotopic (exact) mass is 618 g/mol. The molecule has 1 aromatic heterocycles. The zero-order valence-corrected chi connectivity index (χ0v) is 25.7. The van der Waals surface area contributed by atoms with Gasteiger partial charge in [-0.25, -0.2) is 14.4 Å². The van der Waals surface area contributed by atoms with Gasteiger partial charge in [-0.05, 0) is 78.9 Å². The summed E-state index contributed by atoms with van der Waals surface area (Å²) in [5, 5.41) is 13.2. The number of nitrogens with one attached hydrogen (secondary N) is 1. The summed E-state index contributed by atoms with van der Waals surface area (Å²) < 4.78 is 18.6. The number of aliphatic carboxylic acids is 1. The molecule has 0 aliphatic heterocycles. The van der Waals surface area contributed by atoms with Gasteiger partial charge in [0.15, 0.2) is 0 Å². The Labute approximate surface area is 266 Å². The maximum atomic E-state index is 13.2. The molecule has 1 heterocycles. The largest absolute Gasteiger partial charge is 0.480 e. The molecular formula is C37H34N2O7. The fraction of sp³-hybridized carbons (Fsp3) is 0.216. The summed E-state index contributed by atoms with van der Waals surface area (Å²) in [5.74, 6) is -0.298. The van der Waals surface area contributed by atoms with E-state index in [1.807, 2.05) is 78.9 Å². The zero-order valence-electron chi connectivity index (χ0n) is 25.7. The molecule has 1 aliphatic carbocycles. The minimum atomic E-state index is -1.34. The molecule has 0 radical (unpaired) electrons. The number of hydrogen-bond acceptors (Lipinski definition) is 6. The highest BCUT2D eigenvalue weighted by Crippen LogP contribution is 2.44. The number of rotatable bonds is 8. The first-order chi connectivity index (χ1) is 22.1. The van der Waals surface area contributed by atoms with Crippen LogP contribution in [0.5, 0.6) is 11.5 Å². The molecule has 0 bridgehead atoms. The number of carboxylic acids is 1. The Bertz CT molecular complexity index is 1880. The molecular weight excluding hydrogens is 584 g/mol. The second kappa shape index (κ2) is 12.4. The minimum absolute atomic E-state index is 0.0460. The predicted molar refractivity (Wildman–Crippen MR) is 173 cm³/mol. The van der Waals surface area contributed by atoms with Gasteiger partial charge >= 0.3 is 18.2 Å². The van der Waals surface area contributed by atoms with Crippen molar-refractivity contribution in [2.45, 2.75) is 44.8 Å². The Morgan fingerprint density at radius 3 is 2.11 bits per heavy atom. The Kier molecular flexibility index (Phi) is 8.23. The molecule has 0 fully saturated rings. The van der Waals surface area contributed by atoms with E-state index >= 15 is 0 Å². The smallest absolute Gasteiger partial charge is 0.419 e. The number of hydrogen-bond donors (Lipinski definition) is 2. The lowest BCUT2D eigenvalue weighted by molar-refractivity contribution is -0.139. The molecule has 4 aromatic carbocycles. The number of alkyl carbamates (subject to hydrolysis) is 1. The van der Waals surface area contributed by atoms with Crippen LogP contribution < -0.4 is 10.1 Å². The summed E-state index contributed by atoms with van der Waals surface area (Å²) in [6, 6.07) is 29.0. The lowest BCUT2D eigenvalue weighted by Gasteiger charge is -2.19. The van der Waals surface area contributed by atoms with E-state index in [4.69, 9.17) is 14.2 Å². The quantitative estimate of drug-likeness (QED) is 0.183. The molecule has 1 atom stereocenters. The predicted octanol–water partition coefficient (Wildman–Crippen LogP) is 7.75. The van der Waals surface area contributed by atoms with E-state index in [-0.39, 0.29) is 18.9 Å². The first-order valence-corrected chi connectivity index (χ1v) is 15.0. The summed E-state index contributed by atoms with van der Waals surface area (Å²) in [5.41, 5.74) is 4.55. The van der Waals surface area contributed by atoms with Crippen LogP contribution in [0.4, 0.5) is 9.59 Å². The molecule has 9 heteroatoms. The topological polar surface area (TPSA) is 116 Å². The van der Waals surface area contributed by atoms with E-state index in [0.717, 1.165) is 22.3 Å². The van der Waals surface area contributed by atoms with E-state index in [1.165, 1.54) is 4.57 Å². The summed E-state index contributed by atoms with van der Waals surface area (Å²) in [6.07, 6.45) is -0.0452. The van der Waals surface area contributed by atoms with Gasteiger partial charge < -0.3 is 24.6 Å². The van der Waals surface area contributed by atoms with Crippen LogP contribution in [-0.4, -0.2) is 46.1 Å². The van der Waals surface area contributed by atoms with Crippen molar-refractivity contribution in [2.75, 3.05) is 6.61 Å². The summed E-state index contributed by atoms with van der Waals surface area (Å²) in [6.45, 7) is 5.34. The Morgan fingerprint density at radius 2 is 1.48 bits per heavy atom. The van der Waals surface area contributed by atoms with Crippen LogP contribution in [0.2, 0.25) is 0 Å². The molecule has 1 amide bonds. The van der Waals surface area contributed by atoms with Crippen molar-refractivity contribution >= 4 is 29.1 Å². The average molecular weight is 619 g/mol. The minimum Gasteiger partial charge on any atom is -0.480 e. The third kappa shape index (κ3) is 6.44. The highest BCUT2D eigenvalue weighted by molar-refractivity contribution is 5.93. The highest BCUT2D eigenvalue weighted by Gasteiger charge is 2.30. The number of amides is 1. The molecule has 9 nitrogen and oxygen atoms in total. The van der Waals surface area contributed by atoms with Crippen LogP contribution in [0.15, 0.2) is 103 Å². The third-order valence-electron chi connectivity index (χ3n) is 7.79. The highest BCUT2D eigenvalue weighted by atomic mass is 16.6. The first kappa shape index (κ1) is 30.5. The number of benzene rings is 4. The van der Waals surface area contributed by atoms with Crippen molar-refractivity contribution in [1.82, 2.24) is 9.88 Å². The van der Waals surface area contributed by atoms with Crippen LogP contribution in [0, 0.1) is 0 Å². The van der Waals surface area contributed by atoms with Crippen LogP contribution in [0.3, 0.4) is 0 Å². The van der Waals surface area contributed by atoms with Crippen molar-refractivity contribution < 1.29 is 33.7 Å². The standard InChI is InChI=1S/C37H34N2O7/c1-37(2,3)46-36(43)39-21-23(30-20-25(17-18-33(30)39)45-24-11-5-4-6-12-24)19-32(34(40)41)38-35(42)44-22-31-28-15-9-7-13-26(28)27-14-8-10-16-29(27)31/h4-18,20-21,31-32H,19,22H2,1-3H3,(H,38,42)(H,40,41). The number of para-hydroxylation sites is 1. The number of nitrogens with zero attached hydrogens (tertiary/aromatic N) is 1. The number of aromatic nitrogens is 1. The number of fused-ring (bicyclic) bond motifs is 4. The van der Waals surface area contributed by atoms with E-state index < -0.39 is 29.8 Å². The molecule has 6 rings (SSSR count). The van der Waals surface area contributed by atoms with Crippen molar-refractivity contribution in [3.05, 3.63) is 120 Å². The van der Waals surface area contributed by atoms with Crippen molar-refractivity contribution in [3.8, 4) is 22.6 Å². The van der Waals surface area contributed by atoms with E-state index in [1.54, 1.807) is 45.2 Å². The summed E-state index contributed by atoms with van der Waals surface area (Å²) in [4.78, 5) is 38.6. The van der Waals surface area contributed by atoms with Crippen molar-refractivity contribution in [3.63, 3.8) is 0 Å². The molecule has 46 heavy (non-hydrogen) atoms. The number of ether oxygens (including phenoxy) is 3. The number of carbonyl (C=O) groups excluding carboxylic acids is 2. The molecule has 5 aromatic rings. The Morgan fingerprint density at radius 1 is 0.848 bits per heavy atom. The lowest BCUT2D eigenvalue weighted by Crippen LogP contribution is -2.42. The van der Waals surface area contributed by atoms with Gasteiger partial charge in [0.25, 0.3) is 0 Å².